The Morgan fingerprint density at radius 3 is 2.58 bits per heavy atom. The summed E-state index contributed by atoms with van der Waals surface area (Å²) in [5.74, 6) is 0. The van der Waals surface area contributed by atoms with Crippen LogP contribution in [0.1, 0.15) is 40.2 Å². The maximum absolute atomic E-state index is 12.1. The summed E-state index contributed by atoms with van der Waals surface area (Å²) in [6, 6.07) is 0. The highest BCUT2D eigenvalue weighted by Gasteiger charge is 2.18. The van der Waals surface area contributed by atoms with E-state index in [4.69, 9.17) is 4.74 Å². The van der Waals surface area contributed by atoms with Crippen LogP contribution in [-0.4, -0.2) is 16.3 Å². The molecular weight excluding hydrogens is 238 g/mol. The van der Waals surface area contributed by atoms with Gasteiger partial charge in [-0.25, -0.2) is 4.79 Å². The maximum atomic E-state index is 12.1. The third kappa shape index (κ3) is 3.85. The third-order valence-corrected chi connectivity index (χ3v) is 2.66. The number of ether oxygens (including phenoxy) is 1. The lowest BCUT2D eigenvalue weighted by atomic mass is 10.2. The highest BCUT2D eigenvalue weighted by Crippen LogP contribution is 2.08. The average molecular weight is 261 g/mol. The van der Waals surface area contributed by atoms with Crippen LogP contribution >= 0.6 is 0 Å². The molecule has 19 heavy (non-hydrogen) atoms. The molecule has 1 heterocycles. The van der Waals surface area contributed by atoms with Gasteiger partial charge in [0.05, 0.1) is 5.35 Å². The van der Waals surface area contributed by atoms with Crippen molar-refractivity contribution in [2.75, 3.05) is 0 Å². The van der Waals surface area contributed by atoms with Gasteiger partial charge < -0.3 is 4.74 Å². The molecule has 1 aromatic rings. The van der Waals surface area contributed by atoms with Crippen molar-refractivity contribution in [3.8, 4) is 0 Å². The predicted molar refractivity (Wildman–Crippen MR) is 79.5 cm³/mol. The number of aromatic nitrogens is 1. The number of aryl methyl sites for hydroxylation is 1. The van der Waals surface area contributed by atoms with Crippen molar-refractivity contribution in [1.82, 2.24) is 4.57 Å². The van der Waals surface area contributed by atoms with Crippen LogP contribution in [0.5, 0.6) is 0 Å². The Bertz CT molecular complexity index is 585. The summed E-state index contributed by atoms with van der Waals surface area (Å²) >= 11 is 0. The van der Waals surface area contributed by atoms with Crippen LogP contribution in [0, 0.1) is 0 Å². The first-order chi connectivity index (χ1) is 8.80. The lowest BCUT2D eigenvalue weighted by molar-refractivity contribution is 0.0532. The van der Waals surface area contributed by atoms with Crippen LogP contribution in [0.3, 0.4) is 0 Å². The molecule has 0 radical (unpaired) electrons. The Labute approximate surface area is 114 Å². The molecule has 1 rings (SSSR count). The molecule has 0 aliphatic heterocycles. The first kappa shape index (κ1) is 15.3. The number of allylic oxidation sites excluding steroid dienone is 2. The molecule has 0 fully saturated rings. The maximum Gasteiger partial charge on any atom is 0.418 e. The summed E-state index contributed by atoms with van der Waals surface area (Å²) in [5, 5.41) is 1.66. The molecule has 0 atom stereocenters. The first-order valence-electron chi connectivity index (χ1n) is 6.55. The van der Waals surface area contributed by atoms with Gasteiger partial charge in [-0.15, -0.1) is 0 Å². The Morgan fingerprint density at radius 2 is 2.11 bits per heavy atom. The molecule has 0 aliphatic carbocycles. The minimum Gasteiger partial charge on any atom is -0.443 e. The van der Waals surface area contributed by atoms with Gasteiger partial charge in [0.25, 0.3) is 0 Å². The number of carbonyl (C=O) groups excluding carboxylic acids is 1. The van der Waals surface area contributed by atoms with E-state index in [1.807, 2.05) is 52.1 Å². The van der Waals surface area contributed by atoms with Crippen molar-refractivity contribution in [3.63, 3.8) is 0 Å². The Kier molecular flexibility index (Phi) is 4.76. The molecule has 0 spiro atoms. The van der Waals surface area contributed by atoms with Gasteiger partial charge in [-0.2, -0.15) is 0 Å². The molecule has 0 amide bonds. The molecule has 0 saturated carbocycles. The molecule has 3 nitrogen and oxygen atoms in total. The van der Waals surface area contributed by atoms with Gasteiger partial charge >= 0.3 is 6.09 Å². The SMILES string of the molecule is C=c1/c(=C\C=C/C)c(CC)cn1C(=O)OC(C)(C)C. The number of hydrogen-bond donors (Lipinski definition) is 0. The van der Waals surface area contributed by atoms with Crippen LogP contribution in [-0.2, 0) is 11.2 Å². The van der Waals surface area contributed by atoms with E-state index in [1.165, 1.54) is 4.57 Å². The number of nitrogens with zero attached hydrogens (tertiary/aromatic N) is 1. The van der Waals surface area contributed by atoms with Crippen molar-refractivity contribution in [1.29, 1.82) is 0 Å². The van der Waals surface area contributed by atoms with E-state index in [-0.39, 0.29) is 6.09 Å². The van der Waals surface area contributed by atoms with E-state index in [0.29, 0.717) is 5.35 Å². The van der Waals surface area contributed by atoms with E-state index >= 15 is 0 Å². The summed E-state index contributed by atoms with van der Waals surface area (Å²) < 4.78 is 6.86. The van der Waals surface area contributed by atoms with Crippen molar-refractivity contribution in [2.24, 2.45) is 0 Å². The fourth-order valence-corrected chi connectivity index (χ4v) is 1.77. The zero-order valence-electron chi connectivity index (χ0n) is 12.5. The van der Waals surface area contributed by atoms with E-state index in [9.17, 15) is 4.79 Å². The van der Waals surface area contributed by atoms with Gasteiger partial charge in [-0.1, -0.05) is 31.7 Å². The average Bonchev–Trinajstić information content (AvgIpc) is 2.61. The minimum atomic E-state index is -0.507. The standard InChI is InChI=1S/C16H23NO2/c1-7-9-10-14-12(3)17(11-13(14)8-2)15(18)19-16(4,5)6/h7,9-11H,3,8H2,1-2,4-6H3/b9-7-,14-10+. The molecule has 0 aromatic carbocycles. The highest BCUT2D eigenvalue weighted by molar-refractivity contribution is 5.71. The molecule has 104 valence electrons. The van der Waals surface area contributed by atoms with E-state index in [0.717, 1.165) is 17.2 Å². The van der Waals surface area contributed by atoms with Gasteiger partial charge in [-0.3, -0.25) is 4.57 Å². The van der Waals surface area contributed by atoms with E-state index in [1.54, 1.807) is 0 Å². The molecular formula is C16H23NO2. The Morgan fingerprint density at radius 1 is 1.47 bits per heavy atom. The number of hydrogen-bond acceptors (Lipinski definition) is 2. The van der Waals surface area contributed by atoms with Crippen LogP contribution in [0.25, 0.3) is 12.7 Å². The topological polar surface area (TPSA) is 31.2 Å². The Balaban J connectivity index is 3.29. The van der Waals surface area contributed by atoms with Gasteiger partial charge in [0, 0.05) is 11.4 Å². The van der Waals surface area contributed by atoms with Gasteiger partial charge in [-0.05, 0) is 39.7 Å². The number of carbonyl (C=O) groups is 1. The quantitative estimate of drug-likeness (QED) is 0.819. The Hall–Kier alpha value is -1.77. The third-order valence-electron chi connectivity index (χ3n) is 2.66. The fourth-order valence-electron chi connectivity index (χ4n) is 1.77. The molecule has 0 saturated heterocycles. The highest BCUT2D eigenvalue weighted by atomic mass is 16.6. The van der Waals surface area contributed by atoms with Crippen molar-refractivity contribution >= 4 is 18.7 Å². The molecule has 0 N–H and O–H groups in total. The summed E-state index contributed by atoms with van der Waals surface area (Å²) in [6.45, 7) is 13.6. The predicted octanol–water partition coefficient (Wildman–Crippen LogP) is 2.60. The van der Waals surface area contributed by atoms with Crippen molar-refractivity contribution in [2.45, 2.75) is 46.6 Å². The van der Waals surface area contributed by atoms with Crippen LogP contribution in [0.15, 0.2) is 18.3 Å². The van der Waals surface area contributed by atoms with Crippen molar-refractivity contribution in [3.05, 3.63) is 34.5 Å². The number of rotatable bonds is 2. The smallest absolute Gasteiger partial charge is 0.418 e. The van der Waals surface area contributed by atoms with Crippen LogP contribution in [0.4, 0.5) is 4.79 Å². The zero-order chi connectivity index (χ0) is 14.6. The largest absolute Gasteiger partial charge is 0.443 e. The summed E-state index contributed by atoms with van der Waals surface area (Å²) in [7, 11) is 0. The summed E-state index contributed by atoms with van der Waals surface area (Å²) in [4.78, 5) is 12.1. The monoisotopic (exact) mass is 261 g/mol. The van der Waals surface area contributed by atoms with Gasteiger partial charge in [0.15, 0.2) is 0 Å². The zero-order valence-corrected chi connectivity index (χ0v) is 12.5. The van der Waals surface area contributed by atoms with E-state index in [2.05, 4.69) is 13.5 Å². The van der Waals surface area contributed by atoms with Crippen LogP contribution < -0.4 is 10.6 Å². The second-order valence-corrected chi connectivity index (χ2v) is 5.41. The lowest BCUT2D eigenvalue weighted by Crippen LogP contribution is -2.36. The molecule has 3 heteroatoms. The van der Waals surface area contributed by atoms with Crippen molar-refractivity contribution < 1.29 is 9.53 Å². The molecule has 0 aliphatic rings. The second-order valence-electron chi connectivity index (χ2n) is 5.41. The minimum absolute atomic E-state index is 0.382. The molecule has 0 bridgehead atoms. The lowest BCUT2D eigenvalue weighted by Gasteiger charge is -2.19. The second kappa shape index (κ2) is 5.91. The normalized spacial score (nSPS) is 13.2. The summed E-state index contributed by atoms with van der Waals surface area (Å²) in [5.41, 5.74) is 0.585. The molecule has 0 unspecified atom stereocenters. The van der Waals surface area contributed by atoms with Gasteiger partial charge in [0.2, 0.25) is 0 Å². The van der Waals surface area contributed by atoms with E-state index < -0.39 is 5.60 Å². The fraction of sp³-hybridized carbons (Fsp3) is 0.438. The van der Waals surface area contributed by atoms with Crippen LogP contribution in [0.2, 0.25) is 0 Å². The summed E-state index contributed by atoms with van der Waals surface area (Å²) in [6.07, 6.45) is 8.15. The van der Waals surface area contributed by atoms with Gasteiger partial charge in [0.1, 0.15) is 5.60 Å². The first-order valence-corrected chi connectivity index (χ1v) is 6.55. The molecule has 1 aromatic heterocycles.